The van der Waals surface area contributed by atoms with Gasteiger partial charge in [-0.3, -0.25) is 0 Å². The number of hydrogen-bond donors (Lipinski definition) is 1. The van der Waals surface area contributed by atoms with Crippen LogP contribution in [0.3, 0.4) is 0 Å². The molecule has 0 aliphatic rings. The highest BCUT2D eigenvalue weighted by Gasteiger charge is 1.82. The van der Waals surface area contributed by atoms with E-state index in [1.165, 1.54) is 7.85 Å². The number of aliphatic hydroxyl groups excluding tert-OH is 1. The van der Waals surface area contributed by atoms with Crippen molar-refractivity contribution in [3.05, 3.63) is 0 Å². The summed E-state index contributed by atoms with van der Waals surface area (Å²) in [6.07, 6.45) is 0.472. The van der Waals surface area contributed by atoms with Crippen LogP contribution in [0.4, 0.5) is 0 Å². The molecule has 5 heavy (non-hydrogen) atoms. The molecule has 0 rings (SSSR count). The van der Waals surface area contributed by atoms with E-state index < -0.39 is 6.00 Å². The number of rotatable bonds is 1. The second kappa shape index (κ2) is 1.97. The first-order valence-corrected chi connectivity index (χ1v) is 1.40. The third-order valence-electron chi connectivity index (χ3n) is 0.197. The molecule has 0 spiro atoms. The number of aldehydes is 1. The van der Waals surface area contributed by atoms with Crippen molar-refractivity contribution >= 4 is 14.1 Å². The van der Waals surface area contributed by atoms with Gasteiger partial charge >= 0.3 is 0 Å². The van der Waals surface area contributed by atoms with Crippen molar-refractivity contribution < 1.29 is 9.90 Å². The van der Waals surface area contributed by atoms with E-state index in [9.17, 15) is 4.79 Å². The minimum absolute atomic E-state index is 0.472. The molecule has 0 bridgehead atoms. The quantitative estimate of drug-likeness (QED) is 0.291. The second-order valence-corrected chi connectivity index (χ2v) is 0.877. The van der Waals surface area contributed by atoms with E-state index in [4.69, 9.17) is 5.11 Å². The van der Waals surface area contributed by atoms with Gasteiger partial charge in [0.1, 0.15) is 14.1 Å². The number of hydrogen-bond acceptors (Lipinski definition) is 2. The van der Waals surface area contributed by atoms with Crippen molar-refractivity contribution in [3.63, 3.8) is 0 Å². The first-order valence-electron chi connectivity index (χ1n) is 1.40. The number of carbonyl (C=O) groups is 1. The van der Waals surface area contributed by atoms with Crippen LogP contribution < -0.4 is 0 Å². The minimum Gasteiger partial charge on any atom is -0.395 e. The van der Waals surface area contributed by atoms with Crippen LogP contribution in [0.5, 0.6) is 0 Å². The molecule has 0 saturated heterocycles. The predicted molar refractivity (Wildman–Crippen MR) is 20.6 cm³/mol. The number of carbonyl (C=O) groups excluding carboxylic acids is 1. The summed E-state index contributed by atoms with van der Waals surface area (Å²) >= 11 is 0. The molecule has 1 unspecified atom stereocenters. The molecule has 0 aliphatic heterocycles. The van der Waals surface area contributed by atoms with Gasteiger partial charge in [0.2, 0.25) is 0 Å². The van der Waals surface area contributed by atoms with Crippen molar-refractivity contribution in [2.24, 2.45) is 0 Å². The van der Waals surface area contributed by atoms with Crippen LogP contribution in [0.1, 0.15) is 0 Å². The van der Waals surface area contributed by atoms with Crippen LogP contribution in [0.15, 0.2) is 0 Å². The van der Waals surface area contributed by atoms with Crippen LogP contribution in [0.25, 0.3) is 0 Å². The molecule has 0 fully saturated rings. The summed E-state index contributed by atoms with van der Waals surface area (Å²) in [7, 11) is 1.41. The third kappa shape index (κ3) is 3.69. The SMILES string of the molecule is BC(O)C=O. The predicted octanol–water partition coefficient (Wildman–Crippen LogP) is -1.86. The van der Waals surface area contributed by atoms with E-state index in [2.05, 4.69) is 0 Å². The van der Waals surface area contributed by atoms with Gasteiger partial charge in [0.25, 0.3) is 0 Å². The normalized spacial score (nSPS) is 13.8. The summed E-state index contributed by atoms with van der Waals surface area (Å²) in [6.45, 7) is 0. The van der Waals surface area contributed by atoms with E-state index in [0.717, 1.165) is 0 Å². The molecule has 1 N–H and O–H groups in total. The Kier molecular flexibility index (Phi) is 1.85. The van der Waals surface area contributed by atoms with E-state index in [1.807, 2.05) is 0 Å². The number of aliphatic hydroxyl groups is 1. The summed E-state index contributed by atoms with van der Waals surface area (Å²) in [6, 6.07) is -0.796. The summed E-state index contributed by atoms with van der Waals surface area (Å²) in [5.41, 5.74) is 0. The molecule has 0 aromatic heterocycles. The first-order chi connectivity index (χ1) is 2.27. The van der Waals surface area contributed by atoms with Gasteiger partial charge in [0.15, 0.2) is 0 Å². The lowest BCUT2D eigenvalue weighted by atomic mass is 10.0. The Morgan fingerprint density at radius 3 is 2.20 bits per heavy atom. The molecule has 28 valence electrons. The van der Waals surface area contributed by atoms with Gasteiger partial charge in [-0.05, 0) is 0 Å². The van der Waals surface area contributed by atoms with Crippen molar-refractivity contribution in [3.8, 4) is 0 Å². The maximum atomic E-state index is 9.25. The Balaban J connectivity index is 2.83. The summed E-state index contributed by atoms with van der Waals surface area (Å²) in [5, 5.41) is 7.99. The van der Waals surface area contributed by atoms with Crippen LogP contribution in [-0.2, 0) is 4.79 Å². The Morgan fingerprint density at radius 1 is 2.00 bits per heavy atom. The van der Waals surface area contributed by atoms with Gasteiger partial charge in [-0.25, -0.2) is 0 Å². The lowest BCUT2D eigenvalue weighted by Gasteiger charge is -1.79. The van der Waals surface area contributed by atoms with Gasteiger partial charge in [-0.2, -0.15) is 0 Å². The Labute approximate surface area is 31.2 Å². The van der Waals surface area contributed by atoms with Gasteiger partial charge in [0.05, 0.1) is 6.00 Å². The molecule has 0 aromatic carbocycles. The molecular formula is C2H5BO2. The third-order valence-corrected chi connectivity index (χ3v) is 0.197. The van der Waals surface area contributed by atoms with Crippen molar-refractivity contribution in [2.45, 2.75) is 6.00 Å². The topological polar surface area (TPSA) is 37.3 Å². The second-order valence-electron chi connectivity index (χ2n) is 0.877. The summed E-state index contributed by atoms with van der Waals surface area (Å²) in [5.74, 6) is 0. The molecule has 0 aromatic rings. The molecular weight excluding hydrogens is 66.8 g/mol. The zero-order valence-electron chi connectivity index (χ0n) is 3.01. The zero-order valence-corrected chi connectivity index (χ0v) is 3.01. The smallest absolute Gasteiger partial charge is 0.148 e. The van der Waals surface area contributed by atoms with Crippen LogP contribution in [0, 0.1) is 0 Å². The maximum absolute atomic E-state index is 9.25. The van der Waals surface area contributed by atoms with Crippen molar-refractivity contribution in [1.82, 2.24) is 0 Å². The lowest BCUT2D eigenvalue weighted by Crippen LogP contribution is -2.04. The van der Waals surface area contributed by atoms with Crippen LogP contribution in [-0.4, -0.2) is 25.2 Å². The average Bonchev–Trinajstić information content (AvgIpc) is 1.38. The fraction of sp³-hybridized carbons (Fsp3) is 0.500. The van der Waals surface area contributed by atoms with E-state index >= 15 is 0 Å². The lowest BCUT2D eigenvalue weighted by molar-refractivity contribution is -0.111. The first kappa shape index (κ1) is 4.69. The van der Waals surface area contributed by atoms with Gasteiger partial charge in [-0.15, -0.1) is 0 Å². The van der Waals surface area contributed by atoms with Crippen LogP contribution >= 0.6 is 0 Å². The molecule has 0 saturated carbocycles. The van der Waals surface area contributed by atoms with Gasteiger partial charge in [0, 0.05) is 0 Å². The molecule has 0 amide bonds. The summed E-state index contributed by atoms with van der Waals surface area (Å²) in [4.78, 5) is 9.25. The van der Waals surface area contributed by atoms with Crippen LogP contribution in [0.2, 0.25) is 0 Å². The molecule has 1 atom stereocenters. The molecule has 0 radical (unpaired) electrons. The van der Waals surface area contributed by atoms with Crippen molar-refractivity contribution in [1.29, 1.82) is 0 Å². The molecule has 3 heteroatoms. The van der Waals surface area contributed by atoms with Crippen molar-refractivity contribution in [2.75, 3.05) is 0 Å². The zero-order chi connectivity index (χ0) is 4.28. The van der Waals surface area contributed by atoms with Gasteiger partial charge < -0.3 is 9.90 Å². The maximum Gasteiger partial charge on any atom is 0.148 e. The average molecular weight is 71.9 g/mol. The highest BCUT2D eigenvalue weighted by molar-refractivity contribution is 6.18. The Morgan fingerprint density at radius 2 is 2.20 bits per heavy atom. The molecule has 2 nitrogen and oxygen atoms in total. The summed E-state index contributed by atoms with van der Waals surface area (Å²) < 4.78 is 0. The van der Waals surface area contributed by atoms with E-state index in [-0.39, 0.29) is 0 Å². The molecule has 0 heterocycles. The minimum atomic E-state index is -0.796. The fourth-order valence-corrected chi connectivity index (χ4v) is 0. The molecule has 0 aliphatic carbocycles. The van der Waals surface area contributed by atoms with E-state index in [0.29, 0.717) is 6.29 Å². The highest BCUT2D eigenvalue weighted by atomic mass is 16.3. The Bertz CT molecular complexity index is 34.6. The Hall–Kier alpha value is -0.305. The highest BCUT2D eigenvalue weighted by Crippen LogP contribution is 1.53. The largest absolute Gasteiger partial charge is 0.395 e. The monoisotopic (exact) mass is 72.0 g/mol. The standard InChI is InChI=1S/C2H5BO2/c3-2(5)1-4/h1-2,5H,3H2. The fourth-order valence-electron chi connectivity index (χ4n) is 0. The van der Waals surface area contributed by atoms with Gasteiger partial charge in [-0.1, -0.05) is 0 Å². The van der Waals surface area contributed by atoms with E-state index in [1.54, 1.807) is 0 Å².